The number of aliphatic hydroxyl groups excluding tert-OH is 1. The minimum absolute atomic E-state index is 0.0351. The highest BCUT2D eigenvalue weighted by atomic mass is 31.2. The van der Waals surface area contributed by atoms with Crippen molar-refractivity contribution in [2.45, 2.75) is 206 Å². The SMILES string of the molecule is CC#C/C(=C\CCCCCCCCCCCCC)[C@@H](O)C(C)(COP(=O)(O)OCC[N+](C)(C)C)NC(=O)CCCCCCCCCCCCCCC. The molecule has 52 heavy (non-hydrogen) atoms. The van der Waals surface area contributed by atoms with Crippen molar-refractivity contribution in [3.05, 3.63) is 11.6 Å². The summed E-state index contributed by atoms with van der Waals surface area (Å²) in [5.41, 5.74) is -0.900. The Morgan fingerprint density at radius 1 is 0.750 bits per heavy atom. The minimum atomic E-state index is -4.43. The molecule has 0 saturated heterocycles. The predicted molar refractivity (Wildman–Crippen MR) is 220 cm³/mol. The normalized spacial score (nSPS) is 15.1. The molecule has 0 aromatic rings. The number of hydrogen-bond donors (Lipinski definition) is 3. The smallest absolute Gasteiger partial charge is 0.385 e. The van der Waals surface area contributed by atoms with Gasteiger partial charge in [0.25, 0.3) is 0 Å². The van der Waals surface area contributed by atoms with Gasteiger partial charge in [-0.3, -0.25) is 13.8 Å². The number of nitrogens with one attached hydrogen (secondary N) is 1. The molecular formula is C43H84N2O6P+. The van der Waals surface area contributed by atoms with Crippen LogP contribution in [0, 0.1) is 11.8 Å². The van der Waals surface area contributed by atoms with Crippen molar-refractivity contribution in [2.75, 3.05) is 40.9 Å². The highest BCUT2D eigenvalue weighted by molar-refractivity contribution is 7.47. The van der Waals surface area contributed by atoms with Gasteiger partial charge in [0.2, 0.25) is 5.91 Å². The molecule has 0 fully saturated rings. The van der Waals surface area contributed by atoms with Crippen LogP contribution in [0.3, 0.4) is 0 Å². The maximum absolute atomic E-state index is 13.2. The molecule has 0 heterocycles. The Balaban J connectivity index is 5.09. The van der Waals surface area contributed by atoms with Crippen LogP contribution >= 0.6 is 7.82 Å². The summed E-state index contributed by atoms with van der Waals surface area (Å²) in [6.45, 7) is 8.02. The summed E-state index contributed by atoms with van der Waals surface area (Å²) < 4.78 is 24.0. The number of allylic oxidation sites excluding steroid dienone is 1. The quantitative estimate of drug-likeness (QED) is 0.0254. The topological polar surface area (TPSA) is 105 Å². The van der Waals surface area contributed by atoms with Crippen LogP contribution in [0.15, 0.2) is 11.6 Å². The van der Waals surface area contributed by atoms with E-state index < -0.39 is 26.1 Å². The lowest BCUT2D eigenvalue weighted by Crippen LogP contribution is -2.58. The Morgan fingerprint density at radius 3 is 1.60 bits per heavy atom. The number of hydrogen-bond acceptors (Lipinski definition) is 5. The number of nitrogens with zero attached hydrogens (tertiary/aromatic N) is 1. The molecule has 8 nitrogen and oxygen atoms in total. The maximum Gasteiger partial charge on any atom is 0.472 e. The Hall–Kier alpha value is -1.20. The highest BCUT2D eigenvalue weighted by Gasteiger charge is 2.39. The molecule has 0 aliphatic rings. The average Bonchev–Trinajstić information content (AvgIpc) is 3.08. The van der Waals surface area contributed by atoms with Crippen LogP contribution in [0.2, 0.25) is 0 Å². The summed E-state index contributed by atoms with van der Waals surface area (Å²) in [5, 5.41) is 14.6. The molecule has 0 rings (SSSR count). The summed E-state index contributed by atoms with van der Waals surface area (Å²) in [7, 11) is 1.46. The molecule has 0 saturated carbocycles. The van der Waals surface area contributed by atoms with Crippen molar-refractivity contribution in [3.63, 3.8) is 0 Å². The van der Waals surface area contributed by atoms with Gasteiger partial charge in [-0.15, -0.1) is 5.92 Å². The van der Waals surface area contributed by atoms with Crippen molar-refractivity contribution in [2.24, 2.45) is 0 Å². The lowest BCUT2D eigenvalue weighted by Gasteiger charge is -2.36. The number of rotatable bonds is 36. The van der Waals surface area contributed by atoms with E-state index in [1.807, 2.05) is 27.2 Å². The van der Waals surface area contributed by atoms with Crippen molar-refractivity contribution in [3.8, 4) is 11.8 Å². The summed E-state index contributed by atoms with van der Waals surface area (Å²) >= 11 is 0. The van der Waals surface area contributed by atoms with E-state index in [4.69, 9.17) is 9.05 Å². The van der Waals surface area contributed by atoms with E-state index in [2.05, 4.69) is 31.0 Å². The van der Waals surface area contributed by atoms with Crippen molar-refractivity contribution >= 4 is 13.7 Å². The van der Waals surface area contributed by atoms with Crippen molar-refractivity contribution < 1.29 is 32.9 Å². The lowest BCUT2D eigenvalue weighted by atomic mass is 9.88. The standard InChI is InChI=1S/C43H83N2O6P/c1-8-11-13-15-17-19-21-23-25-27-29-31-33-36-41(46)44-43(4,39-51-52(48,49)50-38-37-45(5,6)7)42(47)40(34-10-3)35-32-30-28-26-24-22-20-18-16-14-12-9-2/h35,42,47H,8-9,11-33,36-39H2,1-7H3,(H-,44,46,48,49)/p+1/b40-35+/t42-,43?/m1/s1. The van der Waals surface area contributed by atoms with Crippen LogP contribution < -0.4 is 5.32 Å². The molecule has 0 aromatic carbocycles. The van der Waals surface area contributed by atoms with E-state index >= 15 is 0 Å². The van der Waals surface area contributed by atoms with E-state index in [0.717, 1.165) is 38.5 Å². The molecule has 0 radical (unpaired) electrons. The number of carbonyl (C=O) groups is 1. The third kappa shape index (κ3) is 30.2. The number of quaternary nitrogens is 1. The second kappa shape index (κ2) is 32.1. The van der Waals surface area contributed by atoms with Gasteiger partial charge in [0.1, 0.15) is 19.3 Å². The van der Waals surface area contributed by atoms with Gasteiger partial charge in [-0.25, -0.2) is 4.57 Å². The Bertz CT molecular complexity index is 1020. The van der Waals surface area contributed by atoms with Crippen LogP contribution in [0.1, 0.15) is 195 Å². The molecule has 2 unspecified atom stereocenters. The van der Waals surface area contributed by atoms with Crippen LogP contribution in [0.5, 0.6) is 0 Å². The van der Waals surface area contributed by atoms with E-state index in [1.165, 1.54) is 122 Å². The predicted octanol–water partition coefficient (Wildman–Crippen LogP) is 11.2. The third-order valence-electron chi connectivity index (χ3n) is 9.82. The number of likely N-dealkylation sites (N-methyl/N-ethyl adjacent to an activating group) is 1. The Labute approximate surface area is 321 Å². The first kappa shape index (κ1) is 50.8. The monoisotopic (exact) mass is 756 g/mol. The first-order chi connectivity index (χ1) is 24.8. The van der Waals surface area contributed by atoms with Crippen LogP contribution in [0.4, 0.5) is 0 Å². The average molecular weight is 756 g/mol. The van der Waals surface area contributed by atoms with Gasteiger partial charge < -0.3 is 19.8 Å². The molecule has 0 aliphatic heterocycles. The number of phosphoric acid groups is 1. The van der Waals surface area contributed by atoms with Gasteiger partial charge in [0, 0.05) is 12.0 Å². The molecule has 3 N–H and O–H groups in total. The summed E-state index contributed by atoms with van der Waals surface area (Å²) in [6.07, 6.45) is 31.6. The summed E-state index contributed by atoms with van der Waals surface area (Å²) in [6, 6.07) is 0. The van der Waals surface area contributed by atoms with Crippen molar-refractivity contribution in [1.82, 2.24) is 5.32 Å². The molecule has 1 amide bonds. The van der Waals surface area contributed by atoms with Crippen LogP contribution in [-0.4, -0.2) is 72.9 Å². The van der Waals surface area contributed by atoms with Gasteiger partial charge in [-0.1, -0.05) is 167 Å². The lowest BCUT2D eigenvalue weighted by molar-refractivity contribution is -0.870. The van der Waals surface area contributed by atoms with Gasteiger partial charge in [0.05, 0.1) is 33.3 Å². The fourth-order valence-electron chi connectivity index (χ4n) is 6.34. The number of phosphoric ester groups is 1. The van der Waals surface area contributed by atoms with E-state index in [-0.39, 0.29) is 12.5 Å². The molecule has 0 spiro atoms. The maximum atomic E-state index is 13.2. The second-order valence-electron chi connectivity index (χ2n) is 16.3. The van der Waals surface area contributed by atoms with Crippen LogP contribution in [0.25, 0.3) is 0 Å². The third-order valence-corrected chi connectivity index (χ3v) is 10.8. The zero-order valence-corrected chi connectivity index (χ0v) is 36.0. The molecule has 3 atom stereocenters. The summed E-state index contributed by atoms with van der Waals surface area (Å²) in [4.78, 5) is 23.7. The molecular weight excluding hydrogens is 671 g/mol. The summed E-state index contributed by atoms with van der Waals surface area (Å²) in [5.74, 6) is 5.71. The Kier molecular flexibility index (Phi) is 31.3. The zero-order chi connectivity index (χ0) is 39.0. The number of amides is 1. The Morgan fingerprint density at radius 2 is 1.17 bits per heavy atom. The molecule has 0 bridgehead atoms. The molecule has 0 aromatic heterocycles. The number of aliphatic hydroxyl groups is 1. The second-order valence-corrected chi connectivity index (χ2v) is 17.8. The van der Waals surface area contributed by atoms with Crippen molar-refractivity contribution in [1.29, 1.82) is 0 Å². The fourth-order valence-corrected chi connectivity index (χ4v) is 7.15. The highest BCUT2D eigenvalue weighted by Crippen LogP contribution is 2.44. The van der Waals surface area contributed by atoms with E-state index in [1.54, 1.807) is 13.8 Å². The van der Waals surface area contributed by atoms with Gasteiger partial charge in [0.15, 0.2) is 0 Å². The van der Waals surface area contributed by atoms with E-state index in [9.17, 15) is 19.4 Å². The first-order valence-corrected chi connectivity index (χ1v) is 22.8. The largest absolute Gasteiger partial charge is 0.472 e. The van der Waals surface area contributed by atoms with E-state index in [0.29, 0.717) is 23.0 Å². The molecule has 9 heteroatoms. The van der Waals surface area contributed by atoms with Gasteiger partial charge >= 0.3 is 7.82 Å². The fraction of sp³-hybridized carbons (Fsp3) is 0.884. The molecule has 0 aliphatic carbocycles. The zero-order valence-electron chi connectivity index (χ0n) is 35.1. The first-order valence-electron chi connectivity index (χ1n) is 21.3. The number of carbonyl (C=O) groups excluding carboxylic acids is 1. The molecule has 306 valence electrons. The van der Waals surface area contributed by atoms with Gasteiger partial charge in [-0.05, 0) is 33.1 Å². The minimum Gasteiger partial charge on any atom is -0.385 e. The number of unbranched alkanes of at least 4 members (excludes halogenated alkanes) is 23. The van der Waals surface area contributed by atoms with Gasteiger partial charge in [-0.2, -0.15) is 0 Å². The van der Waals surface area contributed by atoms with Crippen LogP contribution in [-0.2, 0) is 18.4 Å².